The zero-order valence-electron chi connectivity index (χ0n) is 17.0. The minimum Gasteiger partial charge on any atom is -0.323 e. The molecule has 1 aliphatic carbocycles. The first kappa shape index (κ1) is 20.5. The average Bonchev–Trinajstić information content (AvgIpc) is 2.45. The summed E-state index contributed by atoms with van der Waals surface area (Å²) in [5.74, 6) is 0.614. The molecule has 0 aromatic rings. The van der Waals surface area contributed by atoms with Crippen LogP contribution in [0.25, 0.3) is 0 Å². The number of quaternary nitrogens is 1. The van der Waals surface area contributed by atoms with Crippen LogP contribution in [0.2, 0.25) is 0 Å². The molecule has 1 rings (SSSR count). The van der Waals surface area contributed by atoms with Gasteiger partial charge >= 0.3 is 0 Å². The van der Waals surface area contributed by atoms with Gasteiger partial charge in [0.1, 0.15) is 6.04 Å². The van der Waals surface area contributed by atoms with Crippen molar-refractivity contribution in [3.8, 4) is 0 Å². The minimum absolute atomic E-state index is 0.409. The van der Waals surface area contributed by atoms with Crippen LogP contribution < -0.4 is 0 Å². The second-order valence-electron chi connectivity index (χ2n) is 9.00. The molecule has 0 saturated heterocycles. The molecule has 0 N–H and O–H groups in total. The Morgan fingerprint density at radius 1 is 1.22 bits per heavy atom. The molecule has 0 amide bonds. The van der Waals surface area contributed by atoms with E-state index in [-0.39, 0.29) is 0 Å². The molecule has 0 aliphatic heterocycles. The van der Waals surface area contributed by atoms with Gasteiger partial charge in [-0.15, -0.1) is 0 Å². The van der Waals surface area contributed by atoms with E-state index in [4.69, 9.17) is 0 Å². The summed E-state index contributed by atoms with van der Waals surface area (Å²) < 4.78 is 1.11. The standard InChI is InChI=1S/C22H42N/c1-8-9-10-11-12-18-23(6,7)20(3)15-16-21-19(2)14-13-17-22(21,4)5/h14-16,20-21H,8-13,17-18H2,1-7H3/q+1. The minimum atomic E-state index is 0.409. The second-order valence-corrected chi connectivity index (χ2v) is 9.00. The van der Waals surface area contributed by atoms with Crippen molar-refractivity contribution in [3.05, 3.63) is 23.8 Å². The Morgan fingerprint density at radius 2 is 1.87 bits per heavy atom. The molecule has 2 atom stereocenters. The molecule has 0 saturated carbocycles. The summed E-state index contributed by atoms with van der Waals surface area (Å²) in [5.41, 5.74) is 1.97. The normalized spacial score (nSPS) is 23.1. The lowest BCUT2D eigenvalue weighted by Crippen LogP contribution is -2.47. The summed E-state index contributed by atoms with van der Waals surface area (Å²) >= 11 is 0. The van der Waals surface area contributed by atoms with Gasteiger partial charge in [0.15, 0.2) is 0 Å². The molecule has 1 aliphatic rings. The first-order chi connectivity index (χ1) is 10.7. The molecule has 1 nitrogen and oxygen atoms in total. The van der Waals surface area contributed by atoms with E-state index in [1.165, 1.54) is 51.5 Å². The van der Waals surface area contributed by atoms with Crippen LogP contribution in [0.3, 0.4) is 0 Å². The number of rotatable bonds is 9. The van der Waals surface area contributed by atoms with Gasteiger partial charge in [-0.25, -0.2) is 0 Å². The van der Waals surface area contributed by atoms with Crippen molar-refractivity contribution >= 4 is 0 Å². The number of likely N-dealkylation sites (N-methyl/N-ethyl adjacent to an activating group) is 1. The smallest absolute Gasteiger partial charge is 0.104 e. The topological polar surface area (TPSA) is 0 Å². The Kier molecular flexibility index (Phi) is 8.07. The summed E-state index contributed by atoms with van der Waals surface area (Å²) in [4.78, 5) is 0. The number of unbranched alkanes of at least 4 members (excludes halogenated alkanes) is 4. The molecule has 0 aromatic heterocycles. The number of allylic oxidation sites excluding steroid dienone is 3. The highest BCUT2D eigenvalue weighted by atomic mass is 15.3. The van der Waals surface area contributed by atoms with Gasteiger partial charge in [-0.05, 0) is 51.0 Å². The van der Waals surface area contributed by atoms with Crippen molar-refractivity contribution < 1.29 is 4.48 Å². The van der Waals surface area contributed by atoms with Crippen molar-refractivity contribution in [2.24, 2.45) is 11.3 Å². The first-order valence-corrected chi connectivity index (χ1v) is 9.88. The highest BCUT2D eigenvalue weighted by Gasteiger charge is 2.31. The van der Waals surface area contributed by atoms with E-state index >= 15 is 0 Å². The van der Waals surface area contributed by atoms with Gasteiger partial charge in [-0.2, -0.15) is 0 Å². The summed E-state index contributed by atoms with van der Waals surface area (Å²) in [7, 11) is 4.78. The number of hydrogen-bond donors (Lipinski definition) is 0. The van der Waals surface area contributed by atoms with Crippen molar-refractivity contribution in [1.82, 2.24) is 0 Å². The van der Waals surface area contributed by atoms with Crippen molar-refractivity contribution in [2.75, 3.05) is 20.6 Å². The lowest BCUT2D eigenvalue weighted by molar-refractivity contribution is -0.906. The van der Waals surface area contributed by atoms with Gasteiger partial charge < -0.3 is 4.48 Å². The summed E-state index contributed by atoms with van der Waals surface area (Å²) in [5, 5.41) is 0. The molecule has 0 bridgehead atoms. The predicted octanol–water partition coefficient (Wildman–Crippen LogP) is 6.36. The Balaban J connectivity index is 2.56. The molecule has 134 valence electrons. The van der Waals surface area contributed by atoms with Crippen LogP contribution in [0.1, 0.15) is 79.6 Å². The Bertz CT molecular complexity index is 400. The van der Waals surface area contributed by atoms with Gasteiger partial charge in [0.05, 0.1) is 20.6 Å². The molecule has 0 spiro atoms. The number of hydrogen-bond acceptors (Lipinski definition) is 0. The first-order valence-electron chi connectivity index (χ1n) is 9.88. The van der Waals surface area contributed by atoms with Crippen LogP contribution in [0.15, 0.2) is 23.8 Å². The molecular formula is C22H42N+. The van der Waals surface area contributed by atoms with E-state index in [9.17, 15) is 0 Å². The van der Waals surface area contributed by atoms with E-state index in [0.29, 0.717) is 17.4 Å². The fourth-order valence-corrected chi connectivity index (χ4v) is 3.81. The van der Waals surface area contributed by atoms with Gasteiger partial charge in [-0.3, -0.25) is 0 Å². The lowest BCUT2D eigenvalue weighted by Gasteiger charge is -2.38. The van der Waals surface area contributed by atoms with Gasteiger partial charge in [0.2, 0.25) is 0 Å². The van der Waals surface area contributed by atoms with Crippen LogP contribution in [-0.4, -0.2) is 31.2 Å². The Hall–Kier alpha value is -0.560. The van der Waals surface area contributed by atoms with Gasteiger partial charge in [0, 0.05) is 5.92 Å². The van der Waals surface area contributed by atoms with Crippen LogP contribution >= 0.6 is 0 Å². The summed E-state index contributed by atoms with van der Waals surface area (Å²) in [6.45, 7) is 13.1. The average molecular weight is 321 g/mol. The van der Waals surface area contributed by atoms with Gasteiger partial charge in [0.25, 0.3) is 0 Å². The van der Waals surface area contributed by atoms with E-state index in [1.807, 2.05) is 0 Å². The zero-order chi connectivity index (χ0) is 17.5. The SMILES string of the molecule is CCCCCCC[N+](C)(C)C(C)C=CC1C(C)=CCCC1(C)C. The highest BCUT2D eigenvalue weighted by Crippen LogP contribution is 2.41. The number of nitrogens with zero attached hydrogens (tertiary/aromatic N) is 1. The van der Waals surface area contributed by atoms with Crippen molar-refractivity contribution in [2.45, 2.75) is 85.6 Å². The van der Waals surface area contributed by atoms with E-state index < -0.39 is 0 Å². The molecule has 0 fully saturated rings. The maximum absolute atomic E-state index is 2.51. The maximum Gasteiger partial charge on any atom is 0.104 e. The molecule has 0 heterocycles. The molecule has 2 unspecified atom stereocenters. The quantitative estimate of drug-likeness (QED) is 0.263. The van der Waals surface area contributed by atoms with Crippen LogP contribution in [0, 0.1) is 11.3 Å². The second kappa shape index (κ2) is 9.06. The molecule has 0 aromatic carbocycles. The van der Waals surface area contributed by atoms with E-state index in [2.05, 4.69) is 66.9 Å². The highest BCUT2D eigenvalue weighted by molar-refractivity contribution is 5.19. The fraction of sp³-hybridized carbons (Fsp3) is 0.818. The summed E-state index contributed by atoms with van der Waals surface area (Å²) in [6.07, 6.45) is 16.9. The van der Waals surface area contributed by atoms with Crippen molar-refractivity contribution in [1.29, 1.82) is 0 Å². The third-order valence-corrected chi connectivity index (χ3v) is 6.11. The molecule has 0 radical (unpaired) electrons. The third kappa shape index (κ3) is 6.45. The van der Waals surface area contributed by atoms with Crippen molar-refractivity contribution in [3.63, 3.8) is 0 Å². The molecule has 23 heavy (non-hydrogen) atoms. The van der Waals surface area contributed by atoms with Crippen LogP contribution in [0.5, 0.6) is 0 Å². The maximum atomic E-state index is 2.51. The van der Waals surface area contributed by atoms with Gasteiger partial charge in [-0.1, -0.05) is 57.8 Å². The Morgan fingerprint density at radius 3 is 2.48 bits per heavy atom. The zero-order valence-corrected chi connectivity index (χ0v) is 17.0. The monoisotopic (exact) mass is 320 g/mol. The summed E-state index contributed by atoms with van der Waals surface area (Å²) in [6, 6.07) is 0.590. The Labute approximate surface area is 146 Å². The van der Waals surface area contributed by atoms with E-state index in [1.54, 1.807) is 5.57 Å². The van der Waals surface area contributed by atoms with Crippen LogP contribution in [0.4, 0.5) is 0 Å². The predicted molar refractivity (Wildman–Crippen MR) is 105 cm³/mol. The molecule has 1 heteroatoms. The van der Waals surface area contributed by atoms with Crippen LogP contribution in [-0.2, 0) is 0 Å². The van der Waals surface area contributed by atoms with E-state index in [0.717, 1.165) is 4.48 Å². The third-order valence-electron chi connectivity index (χ3n) is 6.11. The lowest BCUT2D eigenvalue weighted by atomic mass is 9.68. The largest absolute Gasteiger partial charge is 0.323 e. The fourth-order valence-electron chi connectivity index (χ4n) is 3.81. The molecular weight excluding hydrogens is 278 g/mol.